The molecule has 0 spiro atoms. The van der Waals surface area contributed by atoms with Gasteiger partial charge in [0.15, 0.2) is 0 Å². The molecule has 5 nitrogen and oxygen atoms in total. The lowest BCUT2D eigenvalue weighted by Crippen LogP contribution is -2.17. The van der Waals surface area contributed by atoms with Gasteiger partial charge >= 0.3 is 6.18 Å². The molecule has 32 heavy (non-hydrogen) atoms. The minimum atomic E-state index is -4.40. The number of benzene rings is 2. The Morgan fingerprint density at radius 1 is 1.03 bits per heavy atom. The molecule has 2 aromatic carbocycles. The summed E-state index contributed by atoms with van der Waals surface area (Å²) < 4.78 is 40.9. The Balaban J connectivity index is 1.64. The highest BCUT2D eigenvalue weighted by Crippen LogP contribution is 2.34. The standard InChI is InChI=1S/C24H21F3N4O/c1-4-31-21(9-10-28-31)23(32)30-19-7-5-16(11-14(19)2)20-8-6-17-13-18(24(25,26)27)12-15(3)22(17)29-20/h5-13H,4H2,1-3H3,(H,30,32). The highest BCUT2D eigenvalue weighted by molar-refractivity contribution is 6.03. The predicted octanol–water partition coefficient (Wildman–Crippen LogP) is 6.01. The van der Waals surface area contributed by atoms with Crippen LogP contribution < -0.4 is 5.32 Å². The zero-order valence-corrected chi connectivity index (χ0v) is 17.8. The average Bonchev–Trinajstić information content (AvgIpc) is 3.23. The van der Waals surface area contributed by atoms with Crippen molar-refractivity contribution >= 4 is 22.5 Å². The number of alkyl halides is 3. The van der Waals surface area contributed by atoms with Crippen molar-refractivity contribution in [3.63, 3.8) is 0 Å². The number of hydrogen-bond acceptors (Lipinski definition) is 3. The van der Waals surface area contributed by atoms with Crippen LogP contribution in [0.5, 0.6) is 0 Å². The summed E-state index contributed by atoms with van der Waals surface area (Å²) in [5.41, 5.74) is 3.73. The maximum absolute atomic E-state index is 13.1. The van der Waals surface area contributed by atoms with Crippen molar-refractivity contribution in [3.05, 3.63) is 77.1 Å². The Morgan fingerprint density at radius 2 is 1.81 bits per heavy atom. The molecule has 4 aromatic rings. The van der Waals surface area contributed by atoms with Crippen molar-refractivity contribution in [3.8, 4) is 11.3 Å². The van der Waals surface area contributed by atoms with E-state index < -0.39 is 11.7 Å². The summed E-state index contributed by atoms with van der Waals surface area (Å²) >= 11 is 0. The van der Waals surface area contributed by atoms with Crippen molar-refractivity contribution in [1.29, 1.82) is 0 Å². The first kappa shape index (κ1) is 21.5. The summed E-state index contributed by atoms with van der Waals surface area (Å²) in [6.45, 7) is 5.99. The smallest absolute Gasteiger partial charge is 0.320 e. The summed E-state index contributed by atoms with van der Waals surface area (Å²) in [6, 6.07) is 12.8. The summed E-state index contributed by atoms with van der Waals surface area (Å²) in [4.78, 5) is 17.2. The van der Waals surface area contributed by atoms with Crippen LogP contribution in [0.25, 0.3) is 22.2 Å². The number of nitrogens with one attached hydrogen (secondary N) is 1. The predicted molar refractivity (Wildman–Crippen MR) is 118 cm³/mol. The van der Waals surface area contributed by atoms with Crippen LogP contribution in [-0.2, 0) is 12.7 Å². The van der Waals surface area contributed by atoms with E-state index >= 15 is 0 Å². The lowest BCUT2D eigenvalue weighted by Gasteiger charge is -2.13. The maximum Gasteiger partial charge on any atom is 0.416 e. The molecule has 0 saturated carbocycles. The molecule has 0 saturated heterocycles. The topological polar surface area (TPSA) is 59.8 Å². The van der Waals surface area contributed by atoms with Crippen LogP contribution in [0.2, 0.25) is 0 Å². The molecule has 0 aliphatic rings. The fraction of sp³-hybridized carbons (Fsp3) is 0.208. The first-order valence-corrected chi connectivity index (χ1v) is 10.1. The van der Waals surface area contributed by atoms with Crippen molar-refractivity contribution in [2.24, 2.45) is 0 Å². The third kappa shape index (κ3) is 4.08. The molecular weight excluding hydrogens is 417 g/mol. The molecule has 0 radical (unpaired) electrons. The molecule has 2 aromatic heterocycles. The number of nitrogens with zero attached hydrogens (tertiary/aromatic N) is 3. The van der Waals surface area contributed by atoms with Crippen molar-refractivity contribution in [1.82, 2.24) is 14.8 Å². The highest BCUT2D eigenvalue weighted by atomic mass is 19.4. The number of amides is 1. The Hall–Kier alpha value is -3.68. The van der Waals surface area contributed by atoms with Gasteiger partial charge in [-0.2, -0.15) is 18.3 Å². The van der Waals surface area contributed by atoms with Gasteiger partial charge in [-0.15, -0.1) is 0 Å². The van der Waals surface area contributed by atoms with Crippen LogP contribution in [0.15, 0.2) is 54.7 Å². The van der Waals surface area contributed by atoms with Gasteiger partial charge in [-0.05, 0) is 68.3 Å². The van der Waals surface area contributed by atoms with E-state index in [1.807, 2.05) is 26.0 Å². The molecule has 1 N–H and O–H groups in total. The van der Waals surface area contributed by atoms with Gasteiger partial charge in [-0.1, -0.05) is 12.1 Å². The number of aromatic nitrogens is 3. The highest BCUT2D eigenvalue weighted by Gasteiger charge is 2.31. The van der Waals surface area contributed by atoms with E-state index in [2.05, 4.69) is 15.4 Å². The first-order chi connectivity index (χ1) is 15.2. The molecule has 8 heteroatoms. The van der Waals surface area contributed by atoms with Gasteiger partial charge in [0.25, 0.3) is 5.91 Å². The number of pyridine rings is 1. The van der Waals surface area contributed by atoms with Crippen molar-refractivity contribution in [2.75, 3.05) is 5.32 Å². The third-order valence-electron chi connectivity index (χ3n) is 5.33. The lowest BCUT2D eigenvalue weighted by molar-refractivity contribution is -0.137. The zero-order valence-electron chi connectivity index (χ0n) is 17.8. The summed E-state index contributed by atoms with van der Waals surface area (Å²) in [5, 5.41) is 7.45. The van der Waals surface area contributed by atoms with Crippen LogP contribution in [0.4, 0.5) is 18.9 Å². The number of carbonyl (C=O) groups excluding carboxylic acids is 1. The normalized spacial score (nSPS) is 11.7. The van der Waals surface area contributed by atoms with E-state index in [9.17, 15) is 18.0 Å². The second-order valence-electron chi connectivity index (χ2n) is 7.58. The lowest BCUT2D eigenvalue weighted by atomic mass is 10.0. The second kappa shape index (κ2) is 8.11. The Morgan fingerprint density at radius 3 is 2.50 bits per heavy atom. The SMILES string of the molecule is CCn1nccc1C(=O)Nc1ccc(-c2ccc3cc(C(F)(F)F)cc(C)c3n2)cc1C. The summed E-state index contributed by atoms with van der Waals surface area (Å²) in [7, 11) is 0. The quantitative estimate of drug-likeness (QED) is 0.425. The van der Waals surface area contributed by atoms with Gasteiger partial charge < -0.3 is 5.32 Å². The fourth-order valence-corrected chi connectivity index (χ4v) is 3.66. The van der Waals surface area contributed by atoms with Gasteiger partial charge in [0.1, 0.15) is 5.69 Å². The summed E-state index contributed by atoms with van der Waals surface area (Å²) in [6.07, 6.45) is -2.82. The van der Waals surface area contributed by atoms with Gasteiger partial charge in [0, 0.05) is 29.4 Å². The van der Waals surface area contributed by atoms with Crippen LogP contribution in [-0.4, -0.2) is 20.7 Å². The Kier molecular flexibility index (Phi) is 5.46. The number of halogens is 3. The van der Waals surface area contributed by atoms with E-state index in [1.54, 1.807) is 42.1 Å². The van der Waals surface area contributed by atoms with Crippen LogP contribution >= 0.6 is 0 Å². The molecule has 0 aliphatic heterocycles. The van der Waals surface area contributed by atoms with E-state index in [1.165, 1.54) is 0 Å². The van der Waals surface area contributed by atoms with Gasteiger partial charge in [-0.3, -0.25) is 9.48 Å². The van der Waals surface area contributed by atoms with Crippen molar-refractivity contribution in [2.45, 2.75) is 33.5 Å². The minimum absolute atomic E-state index is 0.250. The molecule has 1 amide bonds. The van der Waals surface area contributed by atoms with Gasteiger partial charge in [0.05, 0.1) is 16.8 Å². The molecule has 164 valence electrons. The third-order valence-corrected chi connectivity index (χ3v) is 5.33. The van der Waals surface area contributed by atoms with E-state index in [4.69, 9.17) is 0 Å². The van der Waals surface area contributed by atoms with Gasteiger partial charge in [-0.25, -0.2) is 4.98 Å². The average molecular weight is 438 g/mol. The van der Waals surface area contributed by atoms with Crippen LogP contribution in [0.3, 0.4) is 0 Å². The molecule has 0 atom stereocenters. The fourth-order valence-electron chi connectivity index (χ4n) is 3.66. The minimum Gasteiger partial charge on any atom is -0.320 e. The van der Waals surface area contributed by atoms with E-state index in [0.29, 0.717) is 40.1 Å². The van der Waals surface area contributed by atoms with Crippen molar-refractivity contribution < 1.29 is 18.0 Å². The summed E-state index contributed by atoms with van der Waals surface area (Å²) in [5.74, 6) is -0.250. The van der Waals surface area contributed by atoms with E-state index in [-0.39, 0.29) is 5.91 Å². The number of carbonyl (C=O) groups is 1. The number of aryl methyl sites for hydroxylation is 3. The molecule has 0 bridgehead atoms. The van der Waals surface area contributed by atoms with Crippen LogP contribution in [0.1, 0.15) is 34.1 Å². The molecular formula is C24H21F3N4O. The Labute approximate surface area is 182 Å². The molecule has 0 fully saturated rings. The Bertz CT molecular complexity index is 1320. The monoisotopic (exact) mass is 438 g/mol. The molecule has 0 aliphatic carbocycles. The second-order valence-corrected chi connectivity index (χ2v) is 7.58. The van der Waals surface area contributed by atoms with E-state index in [0.717, 1.165) is 23.3 Å². The number of fused-ring (bicyclic) bond motifs is 1. The molecule has 0 unspecified atom stereocenters. The van der Waals surface area contributed by atoms with Gasteiger partial charge in [0.2, 0.25) is 0 Å². The first-order valence-electron chi connectivity index (χ1n) is 10.1. The number of rotatable bonds is 4. The van der Waals surface area contributed by atoms with Crippen LogP contribution in [0, 0.1) is 13.8 Å². The zero-order chi connectivity index (χ0) is 23.0. The molecule has 2 heterocycles. The molecule has 4 rings (SSSR count). The number of hydrogen-bond donors (Lipinski definition) is 1. The maximum atomic E-state index is 13.1. The number of anilines is 1. The largest absolute Gasteiger partial charge is 0.416 e.